The Bertz CT molecular complexity index is 269. The van der Waals surface area contributed by atoms with Crippen LogP contribution in [-0.2, 0) is 10.8 Å². The normalized spacial score (nSPS) is 13.5. The van der Waals surface area contributed by atoms with E-state index in [9.17, 15) is 8.60 Å². The summed E-state index contributed by atoms with van der Waals surface area (Å²) in [6.45, 7) is 0. The van der Waals surface area contributed by atoms with Crippen molar-refractivity contribution in [2.45, 2.75) is 4.90 Å². The lowest BCUT2D eigenvalue weighted by Gasteiger charge is -1.92. The average molecular weight is 170 g/mol. The quantitative estimate of drug-likeness (QED) is 0.665. The number of halogens is 1. The first-order chi connectivity index (χ1) is 5.34. The van der Waals surface area contributed by atoms with Gasteiger partial charge >= 0.3 is 0 Å². The summed E-state index contributed by atoms with van der Waals surface area (Å²) in [5.74, 6) is 0. The molecule has 0 aliphatic rings. The van der Waals surface area contributed by atoms with Gasteiger partial charge in [-0.05, 0) is 12.1 Å². The molecule has 0 radical (unpaired) electrons. The Hall–Kier alpha value is -0.960. The van der Waals surface area contributed by atoms with Gasteiger partial charge in [-0.25, -0.2) is 8.60 Å². The van der Waals surface area contributed by atoms with Gasteiger partial charge in [0.2, 0.25) is 0 Å². The van der Waals surface area contributed by atoms with Crippen LogP contribution < -0.4 is 0 Å². The molecule has 1 unspecified atom stereocenters. The van der Waals surface area contributed by atoms with Crippen molar-refractivity contribution in [1.82, 2.24) is 0 Å². The predicted octanol–water partition coefficient (Wildman–Crippen LogP) is 2.23. The Labute approximate surface area is 67.0 Å². The highest BCUT2D eigenvalue weighted by atomic mass is 32.2. The van der Waals surface area contributed by atoms with Crippen LogP contribution in [0.2, 0.25) is 0 Å². The standard InChI is InChI=1S/C8H7FOS/c9-6-7-11(10)8-4-2-1-3-5-8/h1-7H. The third-order valence-corrected chi connectivity index (χ3v) is 2.24. The van der Waals surface area contributed by atoms with Crippen LogP contribution in [0, 0.1) is 0 Å². The molecule has 1 rings (SSSR count). The minimum atomic E-state index is -1.34. The van der Waals surface area contributed by atoms with Crippen molar-refractivity contribution in [1.29, 1.82) is 0 Å². The van der Waals surface area contributed by atoms with Gasteiger partial charge < -0.3 is 0 Å². The van der Waals surface area contributed by atoms with Crippen molar-refractivity contribution in [2.24, 2.45) is 0 Å². The Morgan fingerprint density at radius 2 is 1.91 bits per heavy atom. The molecule has 1 nitrogen and oxygen atoms in total. The van der Waals surface area contributed by atoms with E-state index in [1.54, 1.807) is 24.3 Å². The summed E-state index contributed by atoms with van der Waals surface area (Å²) in [6.07, 6.45) is 0.295. The smallest absolute Gasteiger partial charge is 0.0958 e. The Kier molecular flexibility index (Phi) is 2.98. The first-order valence-electron chi connectivity index (χ1n) is 3.07. The second-order valence-corrected chi connectivity index (χ2v) is 3.21. The van der Waals surface area contributed by atoms with E-state index >= 15 is 0 Å². The zero-order valence-corrected chi connectivity index (χ0v) is 6.55. The fourth-order valence-electron chi connectivity index (χ4n) is 0.680. The molecular weight excluding hydrogens is 163 g/mol. The van der Waals surface area contributed by atoms with Gasteiger partial charge in [0.15, 0.2) is 0 Å². The van der Waals surface area contributed by atoms with E-state index in [2.05, 4.69) is 0 Å². The summed E-state index contributed by atoms with van der Waals surface area (Å²) >= 11 is 0. The zero-order valence-electron chi connectivity index (χ0n) is 5.74. The van der Waals surface area contributed by atoms with Crippen molar-refractivity contribution >= 4 is 10.8 Å². The third-order valence-electron chi connectivity index (χ3n) is 1.15. The Morgan fingerprint density at radius 1 is 1.27 bits per heavy atom. The topological polar surface area (TPSA) is 17.1 Å². The van der Waals surface area contributed by atoms with Crippen molar-refractivity contribution < 1.29 is 8.60 Å². The molecule has 1 aromatic carbocycles. The van der Waals surface area contributed by atoms with Crippen LogP contribution in [0.1, 0.15) is 0 Å². The van der Waals surface area contributed by atoms with Gasteiger partial charge in [0.05, 0.1) is 17.1 Å². The summed E-state index contributed by atoms with van der Waals surface area (Å²) in [5.41, 5.74) is 0. The van der Waals surface area contributed by atoms with E-state index in [1.165, 1.54) is 0 Å². The summed E-state index contributed by atoms with van der Waals surface area (Å²) in [4.78, 5) is 0.612. The molecule has 0 amide bonds. The fraction of sp³-hybridized carbons (Fsp3) is 0. The number of benzene rings is 1. The molecule has 0 saturated carbocycles. The molecule has 1 atom stereocenters. The van der Waals surface area contributed by atoms with E-state index in [-0.39, 0.29) is 0 Å². The van der Waals surface area contributed by atoms with Gasteiger partial charge in [0.1, 0.15) is 0 Å². The monoisotopic (exact) mass is 170 g/mol. The molecule has 0 N–H and O–H groups in total. The van der Waals surface area contributed by atoms with Gasteiger partial charge in [-0.1, -0.05) is 18.2 Å². The van der Waals surface area contributed by atoms with Crippen LogP contribution in [0.5, 0.6) is 0 Å². The summed E-state index contributed by atoms with van der Waals surface area (Å²) in [5, 5.41) is 1.01. The lowest BCUT2D eigenvalue weighted by molar-refractivity contribution is 0.685. The number of rotatable bonds is 2. The Balaban J connectivity index is 2.86. The molecule has 1 aromatic rings. The molecule has 0 aliphatic heterocycles. The summed E-state index contributed by atoms with van der Waals surface area (Å²) in [6, 6.07) is 8.73. The SMILES string of the molecule is O=S(C=CF)c1ccccc1. The molecule has 0 heterocycles. The highest BCUT2D eigenvalue weighted by Gasteiger charge is 1.95. The third kappa shape index (κ3) is 2.27. The largest absolute Gasteiger partial charge is 0.250 e. The Morgan fingerprint density at radius 3 is 2.45 bits per heavy atom. The van der Waals surface area contributed by atoms with Crippen LogP contribution in [0.3, 0.4) is 0 Å². The molecule has 0 spiro atoms. The van der Waals surface area contributed by atoms with E-state index in [4.69, 9.17) is 0 Å². The molecule has 58 valence electrons. The van der Waals surface area contributed by atoms with Crippen LogP contribution in [0.15, 0.2) is 47.0 Å². The first kappa shape index (κ1) is 8.14. The maximum absolute atomic E-state index is 11.6. The molecule has 0 aromatic heterocycles. The molecule has 0 aliphatic carbocycles. The van der Waals surface area contributed by atoms with E-state index < -0.39 is 10.8 Å². The van der Waals surface area contributed by atoms with E-state index in [1.807, 2.05) is 6.07 Å². The lowest BCUT2D eigenvalue weighted by atomic mass is 10.4. The van der Waals surface area contributed by atoms with Crippen molar-refractivity contribution in [3.8, 4) is 0 Å². The van der Waals surface area contributed by atoms with Crippen molar-refractivity contribution in [3.05, 3.63) is 42.1 Å². The number of hydrogen-bond acceptors (Lipinski definition) is 1. The van der Waals surface area contributed by atoms with Crippen LogP contribution in [-0.4, -0.2) is 4.21 Å². The maximum Gasteiger partial charge on any atom is 0.0958 e. The fourth-order valence-corrected chi connectivity index (χ4v) is 1.36. The predicted molar refractivity (Wildman–Crippen MR) is 43.1 cm³/mol. The van der Waals surface area contributed by atoms with Crippen molar-refractivity contribution in [2.75, 3.05) is 0 Å². The van der Waals surface area contributed by atoms with Crippen molar-refractivity contribution in [3.63, 3.8) is 0 Å². The summed E-state index contributed by atoms with van der Waals surface area (Å²) < 4.78 is 22.6. The van der Waals surface area contributed by atoms with Crippen LogP contribution in [0.4, 0.5) is 4.39 Å². The minimum absolute atomic E-state index is 0.295. The second kappa shape index (κ2) is 4.03. The number of hydrogen-bond donors (Lipinski definition) is 0. The first-order valence-corrected chi connectivity index (χ1v) is 4.28. The zero-order chi connectivity index (χ0) is 8.10. The van der Waals surface area contributed by atoms with Gasteiger partial charge in [-0.15, -0.1) is 0 Å². The molecule has 0 fully saturated rings. The average Bonchev–Trinajstić information content (AvgIpc) is 2.07. The molecular formula is C8H7FOS. The van der Waals surface area contributed by atoms with Crippen LogP contribution in [0.25, 0.3) is 0 Å². The molecule has 3 heteroatoms. The lowest BCUT2D eigenvalue weighted by Crippen LogP contribution is -1.83. The van der Waals surface area contributed by atoms with Gasteiger partial charge in [0.25, 0.3) is 0 Å². The van der Waals surface area contributed by atoms with Gasteiger partial charge in [0, 0.05) is 10.3 Å². The van der Waals surface area contributed by atoms with Gasteiger partial charge in [-0.3, -0.25) is 0 Å². The molecule has 11 heavy (non-hydrogen) atoms. The highest BCUT2D eigenvalue weighted by Crippen LogP contribution is 2.05. The van der Waals surface area contributed by atoms with E-state index in [0.717, 1.165) is 5.41 Å². The maximum atomic E-state index is 11.6. The summed E-state index contributed by atoms with van der Waals surface area (Å²) in [7, 11) is -1.34. The van der Waals surface area contributed by atoms with E-state index in [0.29, 0.717) is 11.2 Å². The van der Waals surface area contributed by atoms with Gasteiger partial charge in [-0.2, -0.15) is 0 Å². The minimum Gasteiger partial charge on any atom is -0.250 e. The molecule has 0 bridgehead atoms. The second-order valence-electron chi connectivity index (χ2n) is 1.87. The van der Waals surface area contributed by atoms with Crippen LogP contribution >= 0.6 is 0 Å². The highest BCUT2D eigenvalue weighted by molar-refractivity contribution is 7.88. The molecule has 0 saturated heterocycles.